The van der Waals surface area contributed by atoms with Gasteiger partial charge in [-0.05, 0) is 18.3 Å². The van der Waals surface area contributed by atoms with Crippen molar-refractivity contribution in [3.63, 3.8) is 0 Å². The molecular weight excluding hydrogens is 296 g/mol. The number of piperidine rings is 1. The average molecular weight is 314 g/mol. The average Bonchev–Trinajstić information content (AvgIpc) is 2.37. The first-order valence-electron chi connectivity index (χ1n) is 6.62. The van der Waals surface area contributed by atoms with Crippen molar-refractivity contribution in [1.29, 1.82) is 0 Å². The predicted octanol–water partition coefficient (Wildman–Crippen LogP) is 1.24. The van der Waals surface area contributed by atoms with Gasteiger partial charge in [0, 0.05) is 25.4 Å². The van der Waals surface area contributed by atoms with E-state index in [9.17, 15) is 18.5 Å². The first kappa shape index (κ1) is 15.6. The van der Waals surface area contributed by atoms with Crippen LogP contribution in [0.25, 0.3) is 0 Å². The number of nitrogen functional groups attached to an aromatic ring is 1. The molecular formula is C12H18N4O4S. The molecule has 21 heavy (non-hydrogen) atoms. The Morgan fingerprint density at radius 3 is 2.48 bits per heavy atom. The second-order valence-corrected chi connectivity index (χ2v) is 7.54. The molecule has 0 aliphatic carbocycles. The Kier molecular flexibility index (Phi) is 4.15. The number of pyridine rings is 1. The van der Waals surface area contributed by atoms with Gasteiger partial charge in [-0.3, -0.25) is 10.1 Å². The molecule has 1 saturated heterocycles. The molecule has 1 fully saturated rings. The zero-order valence-electron chi connectivity index (χ0n) is 11.9. The van der Waals surface area contributed by atoms with Crippen LogP contribution < -0.4 is 5.73 Å². The number of nitrogens with zero attached hydrogens (tertiary/aromatic N) is 3. The van der Waals surface area contributed by atoms with Crippen LogP contribution in [0, 0.1) is 22.0 Å². The Morgan fingerprint density at radius 1 is 1.38 bits per heavy atom. The summed E-state index contributed by atoms with van der Waals surface area (Å²) >= 11 is 0. The number of anilines is 1. The third-order valence-corrected chi connectivity index (χ3v) is 5.34. The number of hydrogen-bond donors (Lipinski definition) is 1. The quantitative estimate of drug-likeness (QED) is 0.662. The molecule has 2 atom stereocenters. The topological polar surface area (TPSA) is 119 Å². The Bertz CT molecular complexity index is 651. The van der Waals surface area contributed by atoms with Crippen LogP contribution in [-0.4, -0.2) is 35.7 Å². The van der Waals surface area contributed by atoms with Gasteiger partial charge in [-0.2, -0.15) is 4.31 Å². The van der Waals surface area contributed by atoms with Crippen LogP contribution in [0.5, 0.6) is 0 Å². The third-order valence-electron chi connectivity index (χ3n) is 3.54. The van der Waals surface area contributed by atoms with Gasteiger partial charge in [-0.15, -0.1) is 0 Å². The predicted molar refractivity (Wildman–Crippen MR) is 77.0 cm³/mol. The summed E-state index contributed by atoms with van der Waals surface area (Å²) < 4.78 is 26.5. The Hall–Kier alpha value is -1.74. The van der Waals surface area contributed by atoms with Crippen molar-refractivity contribution in [2.45, 2.75) is 25.2 Å². The Balaban J connectivity index is 2.40. The van der Waals surface area contributed by atoms with Gasteiger partial charge >= 0.3 is 5.69 Å². The van der Waals surface area contributed by atoms with Gasteiger partial charge in [0.05, 0.1) is 4.92 Å². The fraction of sp³-hybridized carbons (Fsp3) is 0.583. The number of hydrogen-bond acceptors (Lipinski definition) is 6. The second-order valence-electron chi connectivity index (χ2n) is 5.60. The van der Waals surface area contributed by atoms with Crippen molar-refractivity contribution in [3.8, 4) is 0 Å². The van der Waals surface area contributed by atoms with Gasteiger partial charge in [0.1, 0.15) is 4.90 Å². The molecule has 0 saturated carbocycles. The molecule has 2 N–H and O–H groups in total. The lowest BCUT2D eigenvalue weighted by atomic mass is 9.94. The maximum Gasteiger partial charge on any atom is 0.312 e. The summed E-state index contributed by atoms with van der Waals surface area (Å²) in [6, 6.07) is 0.974. The van der Waals surface area contributed by atoms with Crippen LogP contribution >= 0.6 is 0 Å². The van der Waals surface area contributed by atoms with E-state index in [1.165, 1.54) is 4.31 Å². The van der Waals surface area contributed by atoms with Gasteiger partial charge in [-0.1, -0.05) is 13.8 Å². The lowest BCUT2D eigenvalue weighted by molar-refractivity contribution is -0.384. The van der Waals surface area contributed by atoms with Gasteiger partial charge in [-0.25, -0.2) is 13.4 Å². The minimum Gasteiger partial charge on any atom is -0.378 e. The van der Waals surface area contributed by atoms with E-state index < -0.39 is 20.6 Å². The highest BCUT2D eigenvalue weighted by atomic mass is 32.2. The molecule has 0 amide bonds. The molecule has 0 aromatic carbocycles. The van der Waals surface area contributed by atoms with Gasteiger partial charge in [0.25, 0.3) is 0 Å². The molecule has 0 spiro atoms. The SMILES string of the molecule is CC1CC(C)CN(S(=O)(=O)c2cnc(N)c([N+](=O)[O-])c2)C1. The molecule has 0 radical (unpaired) electrons. The monoisotopic (exact) mass is 314 g/mol. The molecule has 1 aliphatic rings. The normalized spacial score (nSPS) is 23.9. The van der Waals surface area contributed by atoms with Crippen LogP contribution in [0.4, 0.5) is 11.5 Å². The van der Waals surface area contributed by atoms with E-state index in [4.69, 9.17) is 5.73 Å². The lowest BCUT2D eigenvalue weighted by Crippen LogP contribution is -2.42. The molecule has 0 bridgehead atoms. The molecule has 116 valence electrons. The van der Waals surface area contributed by atoms with Crippen LogP contribution in [-0.2, 0) is 10.0 Å². The highest BCUT2D eigenvalue weighted by Crippen LogP contribution is 2.29. The van der Waals surface area contributed by atoms with Crippen molar-refractivity contribution in [2.75, 3.05) is 18.8 Å². The van der Waals surface area contributed by atoms with Crippen molar-refractivity contribution >= 4 is 21.5 Å². The zero-order valence-corrected chi connectivity index (χ0v) is 12.7. The number of rotatable bonds is 3. The molecule has 1 aromatic heterocycles. The summed E-state index contributed by atoms with van der Waals surface area (Å²) in [5, 5.41) is 10.9. The summed E-state index contributed by atoms with van der Waals surface area (Å²) in [7, 11) is -3.79. The summed E-state index contributed by atoms with van der Waals surface area (Å²) in [5.41, 5.74) is 4.90. The smallest absolute Gasteiger partial charge is 0.312 e. The maximum atomic E-state index is 12.6. The standard InChI is InChI=1S/C12H18N4O4S/c1-8-3-9(2)7-15(6-8)21(19,20)10-4-11(16(17)18)12(13)14-5-10/h4-5,8-9H,3,6-7H2,1-2H3,(H2,13,14). The van der Waals surface area contributed by atoms with Crippen LogP contribution in [0.15, 0.2) is 17.2 Å². The van der Waals surface area contributed by atoms with Crippen molar-refractivity contribution < 1.29 is 13.3 Å². The Labute approximate surface area is 123 Å². The maximum absolute atomic E-state index is 12.6. The molecule has 2 heterocycles. The summed E-state index contributed by atoms with van der Waals surface area (Å²) in [5.74, 6) is 0.208. The molecule has 1 aliphatic heterocycles. The first-order valence-corrected chi connectivity index (χ1v) is 8.06. The van der Waals surface area contributed by atoms with Gasteiger partial charge in [0.15, 0.2) is 0 Å². The molecule has 8 nitrogen and oxygen atoms in total. The van der Waals surface area contributed by atoms with E-state index in [0.717, 1.165) is 18.7 Å². The van der Waals surface area contributed by atoms with E-state index in [2.05, 4.69) is 4.98 Å². The van der Waals surface area contributed by atoms with Crippen molar-refractivity contribution in [1.82, 2.24) is 9.29 Å². The number of nitro groups is 1. The molecule has 2 unspecified atom stereocenters. The second kappa shape index (κ2) is 5.57. The van der Waals surface area contributed by atoms with Gasteiger partial charge < -0.3 is 5.73 Å². The zero-order chi connectivity index (χ0) is 15.8. The van der Waals surface area contributed by atoms with Crippen LogP contribution in [0.1, 0.15) is 20.3 Å². The van der Waals surface area contributed by atoms with E-state index in [-0.39, 0.29) is 22.5 Å². The Morgan fingerprint density at radius 2 is 1.95 bits per heavy atom. The number of aromatic nitrogens is 1. The highest BCUT2D eigenvalue weighted by molar-refractivity contribution is 7.89. The third kappa shape index (κ3) is 3.13. The van der Waals surface area contributed by atoms with Crippen molar-refractivity contribution in [3.05, 3.63) is 22.4 Å². The van der Waals surface area contributed by atoms with E-state index >= 15 is 0 Å². The molecule has 9 heteroatoms. The summed E-state index contributed by atoms with van der Waals surface area (Å²) in [4.78, 5) is 13.6. The lowest BCUT2D eigenvalue weighted by Gasteiger charge is -2.33. The van der Waals surface area contributed by atoms with E-state index in [0.29, 0.717) is 13.1 Å². The highest BCUT2D eigenvalue weighted by Gasteiger charge is 2.33. The number of sulfonamides is 1. The first-order chi connectivity index (χ1) is 9.71. The van der Waals surface area contributed by atoms with Gasteiger partial charge in [0.2, 0.25) is 15.8 Å². The van der Waals surface area contributed by atoms with Crippen LogP contribution in [0.2, 0.25) is 0 Å². The fourth-order valence-electron chi connectivity index (χ4n) is 2.68. The van der Waals surface area contributed by atoms with E-state index in [1.807, 2.05) is 13.8 Å². The number of nitrogens with two attached hydrogens (primary N) is 1. The molecule has 1 aromatic rings. The van der Waals surface area contributed by atoms with Crippen LogP contribution in [0.3, 0.4) is 0 Å². The fourth-order valence-corrected chi connectivity index (χ4v) is 4.33. The van der Waals surface area contributed by atoms with Crippen molar-refractivity contribution in [2.24, 2.45) is 11.8 Å². The minimum absolute atomic E-state index is 0.190. The summed E-state index contributed by atoms with van der Waals surface area (Å²) in [6.45, 7) is 4.79. The van der Waals surface area contributed by atoms with E-state index in [1.54, 1.807) is 0 Å². The molecule has 2 rings (SSSR count). The largest absolute Gasteiger partial charge is 0.378 e. The minimum atomic E-state index is -3.79. The summed E-state index contributed by atoms with van der Waals surface area (Å²) in [6.07, 6.45) is 2.04.